The maximum Gasteiger partial charge on any atom is 0.269 e. The van der Waals surface area contributed by atoms with E-state index in [1.165, 1.54) is 6.07 Å². The lowest BCUT2D eigenvalue weighted by atomic mass is 10.0. The molecule has 0 bridgehead atoms. The number of hydrogen-bond donors (Lipinski definition) is 0. The minimum absolute atomic E-state index is 0.0645. The van der Waals surface area contributed by atoms with Gasteiger partial charge in [-0.1, -0.05) is 48.5 Å². The molecule has 0 saturated heterocycles. The Morgan fingerprint density at radius 3 is 2.62 bits per heavy atom. The van der Waals surface area contributed by atoms with Gasteiger partial charge in [0, 0.05) is 28.9 Å². The zero-order chi connectivity index (χ0) is 18.1. The van der Waals surface area contributed by atoms with Gasteiger partial charge in [0.1, 0.15) is 5.75 Å². The topological polar surface area (TPSA) is 55.6 Å². The van der Waals surface area contributed by atoms with Crippen LogP contribution in [-0.4, -0.2) is 4.92 Å². The number of nitro benzene ring substituents is 1. The largest absolute Gasteiger partial charge is 0.466 e. The zero-order valence-electron chi connectivity index (χ0n) is 14.3. The van der Waals surface area contributed by atoms with Crippen LogP contribution in [0.15, 0.2) is 72.8 Å². The van der Waals surface area contributed by atoms with Crippen molar-refractivity contribution in [2.24, 2.45) is 0 Å². The monoisotopic (exact) mass is 346 g/mol. The van der Waals surface area contributed by atoms with E-state index in [2.05, 4.69) is 24.0 Å². The molecule has 0 saturated carbocycles. The highest BCUT2D eigenvalue weighted by Crippen LogP contribution is 2.39. The van der Waals surface area contributed by atoms with Crippen molar-refractivity contribution in [2.75, 3.05) is 4.90 Å². The van der Waals surface area contributed by atoms with Crippen LogP contribution in [0.1, 0.15) is 22.9 Å². The molecule has 1 unspecified atom stereocenters. The van der Waals surface area contributed by atoms with E-state index in [1.807, 2.05) is 42.5 Å². The van der Waals surface area contributed by atoms with Crippen LogP contribution < -0.4 is 9.64 Å². The Kier molecular flexibility index (Phi) is 4.05. The van der Waals surface area contributed by atoms with Crippen LogP contribution in [0.4, 0.5) is 11.4 Å². The van der Waals surface area contributed by atoms with E-state index in [-0.39, 0.29) is 10.6 Å². The molecule has 1 aliphatic rings. The summed E-state index contributed by atoms with van der Waals surface area (Å²) < 4.78 is 6.28. The van der Waals surface area contributed by atoms with Crippen molar-refractivity contribution in [3.63, 3.8) is 0 Å². The van der Waals surface area contributed by atoms with E-state index in [4.69, 9.17) is 4.74 Å². The van der Waals surface area contributed by atoms with E-state index in [9.17, 15) is 10.1 Å². The lowest BCUT2D eigenvalue weighted by Gasteiger charge is -2.39. The normalized spacial score (nSPS) is 15.9. The number of nitrogens with zero attached hydrogens (tertiary/aromatic N) is 2. The average Bonchev–Trinajstić information content (AvgIpc) is 2.67. The Balaban J connectivity index is 1.83. The van der Waals surface area contributed by atoms with Crippen LogP contribution in [0, 0.1) is 17.0 Å². The minimum atomic E-state index is -0.425. The SMILES string of the molecule is Cc1ccccc1N1Cc2ccccc2OC1c1cccc([N+](=O)[O-])c1. The first kappa shape index (κ1) is 16.1. The summed E-state index contributed by atoms with van der Waals surface area (Å²) in [5, 5.41) is 11.2. The predicted molar refractivity (Wildman–Crippen MR) is 100 cm³/mol. The van der Waals surface area contributed by atoms with Gasteiger partial charge in [-0.2, -0.15) is 0 Å². The van der Waals surface area contributed by atoms with Crippen LogP contribution in [0.5, 0.6) is 5.75 Å². The molecule has 26 heavy (non-hydrogen) atoms. The number of nitro groups is 1. The smallest absolute Gasteiger partial charge is 0.269 e. The Hall–Kier alpha value is -3.34. The highest BCUT2D eigenvalue weighted by Gasteiger charge is 2.30. The molecule has 0 radical (unpaired) electrons. The fourth-order valence-electron chi connectivity index (χ4n) is 3.34. The summed E-state index contributed by atoms with van der Waals surface area (Å²) in [5.41, 5.74) is 4.11. The van der Waals surface area contributed by atoms with Crippen molar-refractivity contribution in [2.45, 2.75) is 19.7 Å². The number of rotatable bonds is 3. The van der Waals surface area contributed by atoms with Crippen molar-refractivity contribution in [1.82, 2.24) is 0 Å². The van der Waals surface area contributed by atoms with Gasteiger partial charge >= 0.3 is 0 Å². The standard InChI is InChI=1S/C21H18N2O3/c1-15-7-2-4-11-19(15)22-14-17-8-3-5-12-20(17)26-21(22)16-9-6-10-18(13-16)23(24)25/h2-13,21H,14H2,1H3. The predicted octanol–water partition coefficient (Wildman–Crippen LogP) is 5.00. The Morgan fingerprint density at radius 2 is 1.81 bits per heavy atom. The molecule has 1 aliphatic heterocycles. The van der Waals surface area contributed by atoms with Gasteiger partial charge in [0.2, 0.25) is 0 Å². The summed E-state index contributed by atoms with van der Waals surface area (Å²) >= 11 is 0. The van der Waals surface area contributed by atoms with Gasteiger partial charge in [-0.25, -0.2) is 0 Å². The van der Waals surface area contributed by atoms with E-state index in [1.54, 1.807) is 12.1 Å². The number of benzene rings is 3. The van der Waals surface area contributed by atoms with Crippen molar-refractivity contribution in [1.29, 1.82) is 0 Å². The molecule has 4 rings (SSSR count). The highest BCUT2D eigenvalue weighted by atomic mass is 16.6. The molecule has 1 heterocycles. The summed E-state index contributed by atoms with van der Waals surface area (Å²) in [6.07, 6.45) is -0.425. The van der Waals surface area contributed by atoms with Crippen molar-refractivity contribution in [3.05, 3.63) is 99.6 Å². The van der Waals surface area contributed by atoms with Crippen molar-refractivity contribution >= 4 is 11.4 Å². The first-order valence-electron chi connectivity index (χ1n) is 8.44. The lowest BCUT2D eigenvalue weighted by Crippen LogP contribution is -2.36. The first-order valence-corrected chi connectivity index (χ1v) is 8.44. The van der Waals surface area contributed by atoms with Crippen molar-refractivity contribution in [3.8, 4) is 5.75 Å². The molecule has 1 atom stereocenters. The van der Waals surface area contributed by atoms with Gasteiger partial charge in [-0.3, -0.25) is 10.1 Å². The molecule has 0 aliphatic carbocycles. The Bertz CT molecular complexity index is 971. The van der Waals surface area contributed by atoms with Crippen LogP contribution in [0.3, 0.4) is 0 Å². The quantitative estimate of drug-likeness (QED) is 0.494. The molecule has 0 aromatic heterocycles. The van der Waals surface area contributed by atoms with E-state index in [0.29, 0.717) is 6.54 Å². The zero-order valence-corrected chi connectivity index (χ0v) is 14.3. The van der Waals surface area contributed by atoms with Gasteiger partial charge in [0.15, 0.2) is 6.23 Å². The summed E-state index contributed by atoms with van der Waals surface area (Å²) in [6, 6.07) is 22.7. The van der Waals surface area contributed by atoms with Crippen LogP contribution >= 0.6 is 0 Å². The third-order valence-corrected chi connectivity index (χ3v) is 4.63. The summed E-state index contributed by atoms with van der Waals surface area (Å²) in [4.78, 5) is 13.0. The summed E-state index contributed by atoms with van der Waals surface area (Å²) in [6.45, 7) is 2.73. The van der Waals surface area contributed by atoms with E-state index >= 15 is 0 Å². The molecule has 130 valence electrons. The first-order chi connectivity index (χ1) is 12.6. The number of fused-ring (bicyclic) bond motifs is 1. The highest BCUT2D eigenvalue weighted by molar-refractivity contribution is 5.57. The van der Waals surface area contributed by atoms with Gasteiger partial charge in [-0.05, 0) is 24.6 Å². The molecule has 0 amide bonds. The minimum Gasteiger partial charge on any atom is -0.466 e. The van der Waals surface area contributed by atoms with Gasteiger partial charge in [-0.15, -0.1) is 0 Å². The molecular weight excluding hydrogens is 328 g/mol. The molecule has 3 aromatic carbocycles. The average molecular weight is 346 g/mol. The Labute approximate surface area is 151 Å². The number of anilines is 1. The maximum atomic E-state index is 11.2. The second-order valence-electron chi connectivity index (χ2n) is 6.34. The molecular formula is C21H18N2O3. The van der Waals surface area contributed by atoms with Gasteiger partial charge < -0.3 is 9.64 Å². The van der Waals surface area contributed by atoms with Crippen LogP contribution in [-0.2, 0) is 6.54 Å². The van der Waals surface area contributed by atoms with E-state index < -0.39 is 6.23 Å². The van der Waals surface area contributed by atoms with Crippen molar-refractivity contribution < 1.29 is 9.66 Å². The fourth-order valence-corrected chi connectivity index (χ4v) is 3.34. The second kappa shape index (κ2) is 6.52. The number of para-hydroxylation sites is 2. The van der Waals surface area contributed by atoms with Crippen LogP contribution in [0.25, 0.3) is 0 Å². The van der Waals surface area contributed by atoms with E-state index in [0.717, 1.165) is 28.1 Å². The third-order valence-electron chi connectivity index (χ3n) is 4.63. The molecule has 5 nitrogen and oxygen atoms in total. The van der Waals surface area contributed by atoms with Crippen LogP contribution in [0.2, 0.25) is 0 Å². The molecule has 5 heteroatoms. The van der Waals surface area contributed by atoms with Gasteiger partial charge in [0.05, 0.1) is 11.5 Å². The molecule has 0 fully saturated rings. The number of non-ortho nitro benzene ring substituents is 1. The number of aryl methyl sites for hydroxylation is 1. The molecule has 0 N–H and O–H groups in total. The lowest BCUT2D eigenvalue weighted by molar-refractivity contribution is -0.385. The Morgan fingerprint density at radius 1 is 1.04 bits per heavy atom. The summed E-state index contributed by atoms with van der Waals surface area (Å²) in [5.74, 6) is 0.814. The number of hydrogen-bond acceptors (Lipinski definition) is 4. The third kappa shape index (κ3) is 2.88. The number of ether oxygens (including phenoxy) is 1. The second-order valence-corrected chi connectivity index (χ2v) is 6.34. The molecule has 3 aromatic rings. The fraction of sp³-hybridized carbons (Fsp3) is 0.143. The van der Waals surface area contributed by atoms with Gasteiger partial charge in [0.25, 0.3) is 5.69 Å². The maximum absolute atomic E-state index is 11.2. The molecule has 0 spiro atoms. The summed E-state index contributed by atoms with van der Waals surface area (Å²) in [7, 11) is 0.